The number of carbonyl (C=O) groups excluding carboxylic acids is 1. The van der Waals surface area contributed by atoms with Crippen LogP contribution in [0.5, 0.6) is 0 Å². The van der Waals surface area contributed by atoms with Gasteiger partial charge in [0.1, 0.15) is 0 Å². The van der Waals surface area contributed by atoms with Gasteiger partial charge in [0.25, 0.3) is 10.0 Å². The molecule has 1 aromatic carbocycles. The fourth-order valence-corrected chi connectivity index (χ4v) is 5.64. The van der Waals surface area contributed by atoms with E-state index in [9.17, 15) is 13.2 Å². The normalized spacial score (nSPS) is 19.1. The maximum atomic E-state index is 12.7. The van der Waals surface area contributed by atoms with Crippen molar-refractivity contribution in [3.05, 3.63) is 40.6 Å². The van der Waals surface area contributed by atoms with Crippen LogP contribution in [0.15, 0.2) is 23.4 Å². The number of aryl methyl sites for hydroxylation is 2. The van der Waals surface area contributed by atoms with Gasteiger partial charge in [-0.2, -0.15) is 13.5 Å². The third-order valence-corrected chi connectivity index (χ3v) is 7.50. The lowest BCUT2D eigenvalue weighted by Crippen LogP contribution is -2.43. The third kappa shape index (κ3) is 3.50. The molecule has 0 saturated carbocycles. The zero-order valence-electron chi connectivity index (χ0n) is 17.0. The molecule has 1 aliphatic heterocycles. The number of urea groups is 1. The number of hydrogen-bond acceptors (Lipinski definition) is 5. The van der Waals surface area contributed by atoms with Crippen LogP contribution in [0.4, 0.5) is 10.5 Å². The van der Waals surface area contributed by atoms with Gasteiger partial charge in [-0.25, -0.2) is 9.52 Å². The number of benzene rings is 1. The summed E-state index contributed by atoms with van der Waals surface area (Å²) in [6, 6.07) is 2.94. The van der Waals surface area contributed by atoms with Gasteiger partial charge in [0.15, 0.2) is 5.03 Å². The van der Waals surface area contributed by atoms with Crippen LogP contribution in [0.25, 0.3) is 0 Å². The number of anilines is 1. The Morgan fingerprint density at radius 2 is 1.83 bits per heavy atom. The Labute approximate surface area is 176 Å². The topological polar surface area (TPSA) is 102 Å². The van der Waals surface area contributed by atoms with E-state index in [1.165, 1.54) is 17.2 Å². The van der Waals surface area contributed by atoms with Gasteiger partial charge in [0.2, 0.25) is 0 Å². The third-order valence-electron chi connectivity index (χ3n) is 6.27. The molecule has 0 unspecified atom stereocenters. The second-order valence-corrected chi connectivity index (χ2v) is 10.6. The molecule has 1 saturated heterocycles. The van der Waals surface area contributed by atoms with E-state index in [0.717, 1.165) is 55.3 Å². The summed E-state index contributed by atoms with van der Waals surface area (Å²) in [7, 11) is -4.06. The maximum Gasteiger partial charge on any atom is 0.333 e. The van der Waals surface area contributed by atoms with Crippen molar-refractivity contribution in [2.24, 2.45) is 5.41 Å². The summed E-state index contributed by atoms with van der Waals surface area (Å²) >= 11 is 0. The fraction of sp³-hybridized carbons (Fsp3) is 0.524. The van der Waals surface area contributed by atoms with E-state index in [0.29, 0.717) is 19.8 Å². The summed E-state index contributed by atoms with van der Waals surface area (Å²) in [5.74, 6) is 0. The number of amides is 2. The van der Waals surface area contributed by atoms with Crippen LogP contribution < -0.4 is 10.0 Å². The molecule has 3 aliphatic rings. The number of nitrogens with one attached hydrogen (secondary N) is 2. The Morgan fingerprint density at radius 1 is 1.17 bits per heavy atom. The van der Waals surface area contributed by atoms with E-state index in [1.54, 1.807) is 10.9 Å². The number of rotatable bonds is 5. The van der Waals surface area contributed by atoms with Crippen molar-refractivity contribution < 1.29 is 17.9 Å². The molecule has 0 bridgehead atoms. The largest absolute Gasteiger partial charge is 0.380 e. The quantitative estimate of drug-likeness (QED) is 0.758. The number of hydrogen-bond donors (Lipinski definition) is 2. The molecule has 2 N–H and O–H groups in total. The molecule has 160 valence electrons. The number of aromatic nitrogens is 2. The van der Waals surface area contributed by atoms with Crippen molar-refractivity contribution in [1.82, 2.24) is 14.5 Å². The standard InChI is InChI=1S/C21H26N4O4S/c1-21(12-29-13-21)11-25-9-8-18(23-25)30(27,28)24-20(26)22-19-16-6-2-4-14(16)10-15-5-3-7-17(15)19/h8-10H,2-7,11-13H2,1H3,(H2,22,24,26). The molecule has 2 aromatic rings. The van der Waals surface area contributed by atoms with Gasteiger partial charge in [-0.15, -0.1) is 0 Å². The minimum absolute atomic E-state index is 0.0358. The number of nitrogens with zero attached hydrogens (tertiary/aromatic N) is 2. The predicted octanol–water partition coefficient (Wildman–Crippen LogP) is 2.41. The highest BCUT2D eigenvalue weighted by Crippen LogP contribution is 2.38. The van der Waals surface area contributed by atoms with Gasteiger partial charge in [0, 0.05) is 17.3 Å². The van der Waals surface area contributed by atoms with Crippen molar-refractivity contribution in [2.75, 3.05) is 18.5 Å². The molecule has 5 rings (SSSR count). The molecular formula is C21H26N4O4S. The van der Waals surface area contributed by atoms with E-state index < -0.39 is 16.1 Å². The highest BCUT2D eigenvalue weighted by Gasteiger charge is 2.34. The Hall–Kier alpha value is -2.39. The molecule has 1 fully saturated rings. The molecule has 0 atom stereocenters. The van der Waals surface area contributed by atoms with Crippen LogP contribution in [0.1, 0.15) is 42.0 Å². The smallest absolute Gasteiger partial charge is 0.333 e. The van der Waals surface area contributed by atoms with Gasteiger partial charge in [-0.05, 0) is 66.8 Å². The molecule has 30 heavy (non-hydrogen) atoms. The molecule has 1 aromatic heterocycles. The SMILES string of the molecule is CC1(Cn2ccc(S(=O)(=O)NC(=O)Nc3c4c(cc5c3CCC5)CCC4)n2)COC1. The molecule has 0 radical (unpaired) electrons. The first-order valence-electron chi connectivity index (χ1n) is 10.4. The molecule has 2 heterocycles. The van der Waals surface area contributed by atoms with E-state index in [-0.39, 0.29) is 10.4 Å². The summed E-state index contributed by atoms with van der Waals surface area (Å²) in [5.41, 5.74) is 5.65. The number of fused-ring (bicyclic) bond motifs is 2. The van der Waals surface area contributed by atoms with Crippen LogP contribution in [-0.4, -0.2) is 37.4 Å². The lowest BCUT2D eigenvalue weighted by Gasteiger charge is -2.37. The molecule has 9 heteroatoms. The van der Waals surface area contributed by atoms with E-state index in [1.807, 2.05) is 0 Å². The molecular weight excluding hydrogens is 404 g/mol. The van der Waals surface area contributed by atoms with E-state index in [4.69, 9.17) is 4.74 Å². The number of ether oxygens (including phenoxy) is 1. The lowest BCUT2D eigenvalue weighted by molar-refractivity contribution is -0.111. The summed E-state index contributed by atoms with van der Waals surface area (Å²) in [5, 5.41) is 6.84. The summed E-state index contributed by atoms with van der Waals surface area (Å²) < 4.78 is 34.3. The molecule has 2 amide bonds. The van der Waals surface area contributed by atoms with Gasteiger partial charge in [0.05, 0.1) is 19.8 Å². The average Bonchev–Trinajstić information content (AvgIpc) is 3.39. The highest BCUT2D eigenvalue weighted by atomic mass is 32.2. The summed E-state index contributed by atoms with van der Waals surface area (Å²) in [6.07, 6.45) is 7.60. The van der Waals surface area contributed by atoms with Crippen LogP contribution in [0, 0.1) is 5.41 Å². The Kier molecular flexibility index (Phi) is 4.62. The predicted molar refractivity (Wildman–Crippen MR) is 111 cm³/mol. The first-order valence-corrected chi connectivity index (χ1v) is 11.9. The summed E-state index contributed by atoms with van der Waals surface area (Å²) in [4.78, 5) is 12.6. The van der Waals surface area contributed by atoms with Gasteiger partial charge < -0.3 is 10.1 Å². The van der Waals surface area contributed by atoms with E-state index in [2.05, 4.69) is 28.1 Å². The minimum atomic E-state index is -4.06. The minimum Gasteiger partial charge on any atom is -0.380 e. The zero-order chi connectivity index (χ0) is 20.9. The van der Waals surface area contributed by atoms with Crippen LogP contribution >= 0.6 is 0 Å². The van der Waals surface area contributed by atoms with E-state index >= 15 is 0 Å². The molecule has 8 nitrogen and oxygen atoms in total. The van der Waals surface area contributed by atoms with Crippen LogP contribution in [-0.2, 0) is 47.0 Å². The van der Waals surface area contributed by atoms with Crippen LogP contribution in [0.3, 0.4) is 0 Å². The fourth-order valence-electron chi connectivity index (χ4n) is 4.79. The maximum absolute atomic E-state index is 12.7. The Balaban J connectivity index is 1.32. The van der Waals surface area contributed by atoms with Crippen molar-refractivity contribution in [1.29, 1.82) is 0 Å². The first-order chi connectivity index (χ1) is 14.3. The van der Waals surface area contributed by atoms with Crippen LogP contribution in [0.2, 0.25) is 0 Å². The van der Waals surface area contributed by atoms with Crippen molar-refractivity contribution in [3.8, 4) is 0 Å². The molecule has 0 spiro atoms. The first kappa shape index (κ1) is 19.6. The summed E-state index contributed by atoms with van der Waals surface area (Å²) in [6.45, 7) is 3.88. The molecule has 2 aliphatic carbocycles. The zero-order valence-corrected chi connectivity index (χ0v) is 17.8. The Morgan fingerprint density at radius 3 is 2.43 bits per heavy atom. The lowest BCUT2D eigenvalue weighted by atomic mass is 9.89. The highest BCUT2D eigenvalue weighted by molar-refractivity contribution is 7.90. The van der Waals surface area contributed by atoms with Crippen molar-refractivity contribution in [3.63, 3.8) is 0 Å². The second kappa shape index (κ2) is 7.09. The van der Waals surface area contributed by atoms with Gasteiger partial charge >= 0.3 is 6.03 Å². The average molecular weight is 431 g/mol. The van der Waals surface area contributed by atoms with Crippen molar-refractivity contribution in [2.45, 2.75) is 57.0 Å². The monoisotopic (exact) mass is 430 g/mol. The van der Waals surface area contributed by atoms with Gasteiger partial charge in [-0.3, -0.25) is 4.68 Å². The number of sulfonamides is 1. The number of carbonyl (C=O) groups is 1. The Bertz CT molecular complexity index is 1090. The second-order valence-electron chi connectivity index (χ2n) is 8.95. The van der Waals surface area contributed by atoms with Crippen molar-refractivity contribution >= 4 is 21.7 Å². The van der Waals surface area contributed by atoms with Gasteiger partial charge in [-0.1, -0.05) is 13.0 Å².